The molecule has 7 heteroatoms. The van der Waals surface area contributed by atoms with Crippen molar-refractivity contribution in [3.8, 4) is 28.7 Å². The third kappa shape index (κ3) is 2.53. The molecule has 0 aliphatic rings. The topological polar surface area (TPSA) is 100.0 Å². The van der Waals surface area contributed by atoms with Crippen LogP contribution in [-0.2, 0) is 0 Å². The van der Waals surface area contributed by atoms with E-state index in [9.17, 15) is 0 Å². The molecule has 0 atom stereocenters. The maximum absolute atomic E-state index is 5.75. The monoisotopic (exact) mass is 283 g/mol. The van der Waals surface area contributed by atoms with E-state index in [1.807, 2.05) is 31.2 Å². The van der Waals surface area contributed by atoms with E-state index in [2.05, 4.69) is 20.1 Å². The molecule has 0 fully saturated rings. The Morgan fingerprint density at radius 2 is 2.00 bits per heavy atom. The van der Waals surface area contributed by atoms with Gasteiger partial charge in [0.05, 0.1) is 12.2 Å². The molecule has 0 spiro atoms. The van der Waals surface area contributed by atoms with Gasteiger partial charge >= 0.3 is 0 Å². The summed E-state index contributed by atoms with van der Waals surface area (Å²) in [5.74, 6) is 1.58. The van der Waals surface area contributed by atoms with Gasteiger partial charge < -0.3 is 15.0 Å². The van der Waals surface area contributed by atoms with Crippen molar-refractivity contribution in [2.24, 2.45) is 0 Å². The summed E-state index contributed by atoms with van der Waals surface area (Å²) in [6, 6.07) is 7.48. The van der Waals surface area contributed by atoms with Crippen LogP contribution in [0, 0.1) is 0 Å². The van der Waals surface area contributed by atoms with Gasteiger partial charge in [-0.2, -0.15) is 4.98 Å². The number of benzene rings is 1. The van der Waals surface area contributed by atoms with E-state index in [1.165, 1.54) is 12.4 Å². The number of hydrogen-bond acceptors (Lipinski definition) is 7. The molecule has 0 radical (unpaired) electrons. The zero-order chi connectivity index (χ0) is 14.7. The summed E-state index contributed by atoms with van der Waals surface area (Å²) in [7, 11) is 0. The summed E-state index contributed by atoms with van der Waals surface area (Å²) in [5, 5.41) is 3.96. The molecule has 0 saturated heterocycles. The highest BCUT2D eigenvalue weighted by Gasteiger charge is 2.17. The van der Waals surface area contributed by atoms with Gasteiger partial charge in [0, 0.05) is 12.4 Å². The van der Waals surface area contributed by atoms with Crippen LogP contribution in [-0.4, -0.2) is 26.7 Å². The molecule has 3 aromatic rings. The van der Waals surface area contributed by atoms with Gasteiger partial charge in [-0.05, 0) is 19.1 Å². The fourth-order valence-electron chi connectivity index (χ4n) is 1.88. The van der Waals surface area contributed by atoms with Gasteiger partial charge in [0.1, 0.15) is 5.75 Å². The first kappa shape index (κ1) is 13.0. The molecule has 1 aromatic carbocycles. The highest BCUT2D eigenvalue weighted by atomic mass is 16.5. The van der Waals surface area contributed by atoms with Crippen LogP contribution < -0.4 is 10.5 Å². The van der Waals surface area contributed by atoms with E-state index in [-0.39, 0.29) is 11.7 Å². The summed E-state index contributed by atoms with van der Waals surface area (Å²) in [5.41, 5.74) is 6.86. The van der Waals surface area contributed by atoms with Crippen LogP contribution in [0.15, 0.2) is 41.2 Å². The van der Waals surface area contributed by atoms with Gasteiger partial charge in [0.2, 0.25) is 5.82 Å². The lowest BCUT2D eigenvalue weighted by Gasteiger charge is -2.05. The third-order valence-electron chi connectivity index (χ3n) is 2.78. The van der Waals surface area contributed by atoms with Crippen molar-refractivity contribution in [2.75, 3.05) is 12.3 Å². The first-order valence-electron chi connectivity index (χ1n) is 6.42. The molecule has 2 N–H and O–H groups in total. The maximum atomic E-state index is 5.75. The van der Waals surface area contributed by atoms with Crippen molar-refractivity contribution in [3.05, 3.63) is 36.7 Å². The molecular weight excluding hydrogens is 270 g/mol. The molecule has 0 amide bonds. The lowest BCUT2D eigenvalue weighted by atomic mass is 10.2. The molecule has 0 aliphatic heterocycles. The number of nitrogens with zero attached hydrogens (tertiary/aromatic N) is 4. The van der Waals surface area contributed by atoms with Gasteiger partial charge in [-0.15, -0.1) is 0 Å². The molecule has 2 heterocycles. The molecule has 0 aliphatic carbocycles. The number of rotatable bonds is 4. The normalized spacial score (nSPS) is 10.5. The average Bonchev–Trinajstić information content (AvgIpc) is 2.98. The highest BCUT2D eigenvalue weighted by Crippen LogP contribution is 2.29. The van der Waals surface area contributed by atoms with Gasteiger partial charge in [-0.3, -0.25) is 0 Å². The molecule has 2 aromatic heterocycles. The zero-order valence-corrected chi connectivity index (χ0v) is 11.4. The molecule has 0 saturated carbocycles. The molecule has 3 rings (SSSR count). The predicted octanol–water partition coefficient (Wildman–Crippen LogP) is 2.17. The van der Waals surface area contributed by atoms with Crippen LogP contribution in [0.1, 0.15) is 6.92 Å². The van der Waals surface area contributed by atoms with Crippen molar-refractivity contribution < 1.29 is 9.26 Å². The summed E-state index contributed by atoms with van der Waals surface area (Å²) < 4.78 is 10.8. The first-order valence-corrected chi connectivity index (χ1v) is 6.42. The number of hydrogen-bond donors (Lipinski definition) is 1. The van der Waals surface area contributed by atoms with Crippen molar-refractivity contribution >= 4 is 5.82 Å². The fraction of sp³-hybridized carbons (Fsp3) is 0.143. The van der Waals surface area contributed by atoms with Gasteiger partial charge in [-0.25, -0.2) is 9.97 Å². The minimum atomic E-state index is 0.224. The minimum Gasteiger partial charge on any atom is -0.493 e. The molecule has 7 nitrogen and oxygen atoms in total. The van der Waals surface area contributed by atoms with Crippen LogP contribution in [0.3, 0.4) is 0 Å². The van der Waals surface area contributed by atoms with E-state index >= 15 is 0 Å². The predicted molar refractivity (Wildman–Crippen MR) is 76.3 cm³/mol. The average molecular weight is 283 g/mol. The number of aromatic nitrogens is 4. The lowest BCUT2D eigenvalue weighted by molar-refractivity contribution is 0.341. The zero-order valence-electron chi connectivity index (χ0n) is 11.4. The van der Waals surface area contributed by atoms with Crippen molar-refractivity contribution in [1.29, 1.82) is 0 Å². The Labute approximate surface area is 120 Å². The van der Waals surface area contributed by atoms with Gasteiger partial charge in [-0.1, -0.05) is 17.3 Å². The first-order chi connectivity index (χ1) is 10.3. The number of nitrogen functional groups attached to an aromatic ring is 1. The largest absolute Gasteiger partial charge is 0.493 e. The second-order valence-corrected chi connectivity index (χ2v) is 4.14. The number of nitrogens with two attached hydrogens (primary N) is 1. The second-order valence-electron chi connectivity index (χ2n) is 4.14. The van der Waals surface area contributed by atoms with E-state index in [0.717, 1.165) is 5.56 Å². The molecule has 0 bridgehead atoms. The van der Waals surface area contributed by atoms with Crippen LogP contribution in [0.5, 0.6) is 5.75 Å². The Balaban J connectivity index is 2.01. The molecule has 21 heavy (non-hydrogen) atoms. The highest BCUT2D eigenvalue weighted by molar-refractivity contribution is 5.67. The molecule has 0 unspecified atom stereocenters. The Morgan fingerprint density at radius 3 is 2.81 bits per heavy atom. The van der Waals surface area contributed by atoms with Crippen LogP contribution in [0.4, 0.5) is 5.82 Å². The summed E-state index contributed by atoms with van der Waals surface area (Å²) >= 11 is 0. The maximum Gasteiger partial charge on any atom is 0.280 e. The van der Waals surface area contributed by atoms with E-state index < -0.39 is 0 Å². The SMILES string of the molecule is CCOc1ccccc1-c1noc(-c2nccnc2N)n1. The van der Waals surface area contributed by atoms with Crippen molar-refractivity contribution in [3.63, 3.8) is 0 Å². The van der Waals surface area contributed by atoms with Gasteiger partial charge in [0.25, 0.3) is 5.89 Å². The van der Waals surface area contributed by atoms with Crippen molar-refractivity contribution in [2.45, 2.75) is 6.92 Å². The smallest absolute Gasteiger partial charge is 0.280 e. The van der Waals surface area contributed by atoms with Gasteiger partial charge in [0.15, 0.2) is 11.5 Å². The Morgan fingerprint density at radius 1 is 1.19 bits per heavy atom. The van der Waals surface area contributed by atoms with E-state index in [4.69, 9.17) is 15.0 Å². The summed E-state index contributed by atoms with van der Waals surface area (Å²) in [6.07, 6.45) is 3.02. The van der Waals surface area contributed by atoms with Crippen LogP contribution >= 0.6 is 0 Å². The number of ether oxygens (including phenoxy) is 1. The Bertz CT molecular complexity index is 756. The molecular formula is C14H13N5O2. The van der Waals surface area contributed by atoms with E-state index in [0.29, 0.717) is 23.9 Å². The third-order valence-corrected chi connectivity index (χ3v) is 2.78. The van der Waals surface area contributed by atoms with Crippen LogP contribution in [0.25, 0.3) is 23.0 Å². The van der Waals surface area contributed by atoms with Crippen molar-refractivity contribution in [1.82, 2.24) is 20.1 Å². The fourth-order valence-corrected chi connectivity index (χ4v) is 1.88. The standard InChI is InChI=1S/C14H13N5O2/c1-2-20-10-6-4-3-5-9(10)13-18-14(21-19-13)11-12(15)17-8-7-16-11/h3-8H,2H2,1H3,(H2,15,17). The second kappa shape index (κ2) is 5.58. The van der Waals surface area contributed by atoms with E-state index in [1.54, 1.807) is 0 Å². The minimum absolute atomic E-state index is 0.224. The summed E-state index contributed by atoms with van der Waals surface area (Å²) in [4.78, 5) is 12.4. The Kier molecular flexibility index (Phi) is 3.46. The Hall–Kier alpha value is -2.96. The lowest BCUT2D eigenvalue weighted by Crippen LogP contribution is -1.96. The quantitative estimate of drug-likeness (QED) is 0.783. The molecule has 106 valence electrons. The number of anilines is 1. The number of para-hydroxylation sites is 1. The summed E-state index contributed by atoms with van der Waals surface area (Å²) in [6.45, 7) is 2.47. The van der Waals surface area contributed by atoms with Crippen LogP contribution in [0.2, 0.25) is 0 Å².